The summed E-state index contributed by atoms with van der Waals surface area (Å²) < 4.78 is 12.7. The van der Waals surface area contributed by atoms with Crippen LogP contribution in [0.15, 0.2) is 53.6 Å². The molecule has 2 atom stereocenters. The van der Waals surface area contributed by atoms with Crippen LogP contribution in [0.1, 0.15) is 12.1 Å². The lowest BCUT2D eigenvalue weighted by Gasteiger charge is -2.32. The first-order valence-corrected chi connectivity index (χ1v) is 8.26. The maximum atomic E-state index is 12.3. The van der Waals surface area contributed by atoms with Gasteiger partial charge in [0.2, 0.25) is 5.91 Å². The predicted octanol–water partition coefficient (Wildman–Crippen LogP) is 0.734. The number of ether oxygens (including phenoxy) is 2. The van der Waals surface area contributed by atoms with Crippen LogP contribution in [0.25, 0.3) is 0 Å². The van der Waals surface area contributed by atoms with E-state index in [0.29, 0.717) is 26.2 Å². The number of nitrogens with one attached hydrogen (secondary N) is 1. The lowest BCUT2D eigenvalue weighted by atomic mass is 10.1. The molecule has 0 unspecified atom stereocenters. The Morgan fingerprint density at radius 1 is 1.32 bits per heavy atom. The number of nitrogens with zero attached hydrogens (tertiary/aromatic N) is 2. The van der Waals surface area contributed by atoms with Gasteiger partial charge in [0.1, 0.15) is 12.6 Å². The zero-order chi connectivity index (χ0) is 17.5. The summed E-state index contributed by atoms with van der Waals surface area (Å²) in [5, 5.41) is 2.96. The van der Waals surface area contributed by atoms with E-state index in [1.54, 1.807) is 24.5 Å². The molecule has 1 amide bonds. The highest BCUT2D eigenvalue weighted by atomic mass is 16.5. The second-order valence-electron chi connectivity index (χ2n) is 5.87. The number of carbonyl (C=O) groups is 1. The Kier molecular flexibility index (Phi) is 5.92. The lowest BCUT2D eigenvalue weighted by molar-refractivity contribution is -0.127. The molecule has 2 aromatic heterocycles. The molecule has 1 saturated heterocycles. The minimum absolute atomic E-state index is 0.00993. The van der Waals surface area contributed by atoms with Crippen LogP contribution < -0.4 is 10.9 Å². The fraction of sp³-hybridized carbons (Fsp3) is 0.389. The summed E-state index contributed by atoms with van der Waals surface area (Å²) >= 11 is 0. The molecular weight excluding hydrogens is 322 g/mol. The van der Waals surface area contributed by atoms with Gasteiger partial charge in [-0.15, -0.1) is 0 Å². The first kappa shape index (κ1) is 17.3. The second-order valence-corrected chi connectivity index (χ2v) is 5.87. The van der Waals surface area contributed by atoms with Gasteiger partial charge in [-0.3, -0.25) is 14.6 Å². The van der Waals surface area contributed by atoms with Crippen LogP contribution in [-0.2, 0) is 27.4 Å². The van der Waals surface area contributed by atoms with Gasteiger partial charge in [-0.1, -0.05) is 12.1 Å². The van der Waals surface area contributed by atoms with Crippen molar-refractivity contribution in [2.75, 3.05) is 13.2 Å². The van der Waals surface area contributed by atoms with E-state index in [9.17, 15) is 9.59 Å². The number of aromatic nitrogens is 2. The fourth-order valence-electron chi connectivity index (χ4n) is 2.72. The predicted molar refractivity (Wildman–Crippen MR) is 90.9 cm³/mol. The molecule has 0 aromatic carbocycles. The van der Waals surface area contributed by atoms with E-state index in [1.165, 1.54) is 10.6 Å². The molecule has 3 heterocycles. The number of hydrogen-bond acceptors (Lipinski definition) is 5. The summed E-state index contributed by atoms with van der Waals surface area (Å²) in [5.74, 6) is -0.216. The van der Waals surface area contributed by atoms with E-state index < -0.39 is 0 Å². The van der Waals surface area contributed by atoms with E-state index in [1.807, 2.05) is 18.2 Å². The van der Waals surface area contributed by atoms with Crippen LogP contribution in [0.2, 0.25) is 0 Å². The molecule has 3 rings (SSSR count). The van der Waals surface area contributed by atoms with Gasteiger partial charge in [0.15, 0.2) is 0 Å². The minimum atomic E-state index is -0.243. The second kappa shape index (κ2) is 8.55. The van der Waals surface area contributed by atoms with Crippen LogP contribution in [0.5, 0.6) is 0 Å². The molecule has 1 N–H and O–H groups in total. The van der Waals surface area contributed by atoms with Gasteiger partial charge < -0.3 is 19.4 Å². The molecule has 1 aliphatic heterocycles. The SMILES string of the molecule is O=C(Cn1ccccc1=O)N[C@@H]1CCOC[C@H]1OCc1ccccn1. The number of pyridine rings is 2. The molecule has 2 aromatic rings. The van der Waals surface area contributed by atoms with Crippen LogP contribution >= 0.6 is 0 Å². The van der Waals surface area contributed by atoms with Crippen molar-refractivity contribution in [1.82, 2.24) is 14.9 Å². The highest BCUT2D eigenvalue weighted by molar-refractivity contribution is 5.76. The van der Waals surface area contributed by atoms with Gasteiger partial charge in [0.25, 0.3) is 5.56 Å². The Balaban J connectivity index is 1.56. The standard InChI is InChI=1S/C18H21N3O4/c22-17(11-21-9-4-2-6-18(21)23)20-15-7-10-24-13-16(15)25-12-14-5-1-3-8-19-14/h1-6,8-9,15-16H,7,10-13H2,(H,20,22)/t15-,16-/m1/s1. The van der Waals surface area contributed by atoms with Gasteiger partial charge in [0, 0.05) is 25.1 Å². The van der Waals surface area contributed by atoms with Crippen molar-refractivity contribution in [3.8, 4) is 0 Å². The third-order valence-electron chi connectivity index (χ3n) is 4.03. The van der Waals surface area contributed by atoms with Crippen LogP contribution in [0.3, 0.4) is 0 Å². The minimum Gasteiger partial charge on any atom is -0.379 e. The Morgan fingerprint density at radius 2 is 2.20 bits per heavy atom. The summed E-state index contributed by atoms with van der Waals surface area (Å²) in [6.07, 6.45) is 3.74. The Bertz CT molecular complexity index is 747. The summed E-state index contributed by atoms with van der Waals surface area (Å²) in [4.78, 5) is 28.2. The normalized spacial score (nSPS) is 20.2. The fourth-order valence-corrected chi connectivity index (χ4v) is 2.72. The van der Waals surface area contributed by atoms with Gasteiger partial charge in [0.05, 0.1) is 24.9 Å². The summed E-state index contributed by atoms with van der Waals surface area (Å²) in [6, 6.07) is 10.3. The van der Waals surface area contributed by atoms with Crippen molar-refractivity contribution in [3.63, 3.8) is 0 Å². The first-order chi connectivity index (χ1) is 12.2. The number of rotatable bonds is 6. The van der Waals surface area contributed by atoms with Crippen LogP contribution in [0, 0.1) is 0 Å². The maximum Gasteiger partial charge on any atom is 0.250 e. The van der Waals surface area contributed by atoms with E-state index in [4.69, 9.17) is 9.47 Å². The third kappa shape index (κ3) is 4.98. The van der Waals surface area contributed by atoms with E-state index in [2.05, 4.69) is 10.3 Å². The Hall–Kier alpha value is -2.51. The van der Waals surface area contributed by atoms with Crippen molar-refractivity contribution in [1.29, 1.82) is 0 Å². The molecule has 0 spiro atoms. The molecule has 132 valence electrons. The molecule has 7 heteroatoms. The van der Waals surface area contributed by atoms with Crippen molar-refractivity contribution in [3.05, 3.63) is 64.8 Å². The maximum absolute atomic E-state index is 12.3. The molecule has 1 fully saturated rings. The first-order valence-electron chi connectivity index (χ1n) is 8.26. The zero-order valence-corrected chi connectivity index (χ0v) is 13.8. The van der Waals surface area contributed by atoms with Crippen molar-refractivity contribution >= 4 is 5.91 Å². The summed E-state index contributed by atoms with van der Waals surface area (Å²) in [6.45, 7) is 1.34. The van der Waals surface area contributed by atoms with Gasteiger partial charge in [-0.05, 0) is 24.6 Å². The number of carbonyl (C=O) groups excluding carboxylic acids is 1. The van der Waals surface area contributed by atoms with Crippen molar-refractivity contribution in [2.45, 2.75) is 31.7 Å². The van der Waals surface area contributed by atoms with Gasteiger partial charge in [-0.25, -0.2) is 0 Å². The van der Waals surface area contributed by atoms with Crippen LogP contribution in [-0.4, -0.2) is 40.8 Å². The molecule has 0 radical (unpaired) electrons. The average Bonchev–Trinajstić information content (AvgIpc) is 2.64. The molecule has 7 nitrogen and oxygen atoms in total. The van der Waals surface area contributed by atoms with Gasteiger partial charge >= 0.3 is 0 Å². The highest BCUT2D eigenvalue weighted by Crippen LogP contribution is 2.13. The molecule has 25 heavy (non-hydrogen) atoms. The smallest absolute Gasteiger partial charge is 0.250 e. The molecule has 0 saturated carbocycles. The molecule has 1 aliphatic rings. The van der Waals surface area contributed by atoms with Crippen LogP contribution in [0.4, 0.5) is 0 Å². The number of hydrogen-bond donors (Lipinski definition) is 1. The third-order valence-corrected chi connectivity index (χ3v) is 4.03. The van der Waals surface area contributed by atoms with E-state index in [0.717, 1.165) is 5.69 Å². The molecule has 0 bridgehead atoms. The summed E-state index contributed by atoms with van der Waals surface area (Å²) in [5.41, 5.74) is 0.626. The average molecular weight is 343 g/mol. The zero-order valence-electron chi connectivity index (χ0n) is 13.8. The highest BCUT2D eigenvalue weighted by Gasteiger charge is 2.28. The van der Waals surface area contributed by atoms with Crippen molar-refractivity contribution in [2.24, 2.45) is 0 Å². The largest absolute Gasteiger partial charge is 0.379 e. The monoisotopic (exact) mass is 343 g/mol. The lowest BCUT2D eigenvalue weighted by Crippen LogP contribution is -2.51. The Morgan fingerprint density at radius 3 is 3.00 bits per heavy atom. The summed E-state index contributed by atoms with van der Waals surface area (Å²) in [7, 11) is 0. The topological polar surface area (TPSA) is 82.5 Å². The van der Waals surface area contributed by atoms with Crippen molar-refractivity contribution < 1.29 is 14.3 Å². The van der Waals surface area contributed by atoms with E-state index >= 15 is 0 Å². The quantitative estimate of drug-likeness (QED) is 0.836. The molecule has 0 aliphatic carbocycles. The Labute approximate surface area is 145 Å². The van der Waals surface area contributed by atoms with Gasteiger partial charge in [-0.2, -0.15) is 0 Å². The molecular formula is C18H21N3O4. The van der Waals surface area contributed by atoms with E-state index in [-0.39, 0.29) is 30.2 Å². The number of amides is 1.